The van der Waals surface area contributed by atoms with Gasteiger partial charge in [-0.2, -0.15) is 0 Å². The van der Waals surface area contributed by atoms with E-state index in [0.29, 0.717) is 17.4 Å². The second-order valence-corrected chi connectivity index (χ2v) is 22.2. The van der Waals surface area contributed by atoms with Crippen LogP contribution in [0.3, 0.4) is 0 Å². The van der Waals surface area contributed by atoms with Crippen molar-refractivity contribution in [3.8, 4) is 0 Å². The number of likely N-dealkylation sites (N-methyl/N-ethyl adjacent to an activating group) is 1. The third-order valence-electron chi connectivity index (χ3n) is 12.6. The summed E-state index contributed by atoms with van der Waals surface area (Å²) in [6.07, 6.45) is 66.9. The van der Waals surface area contributed by atoms with Crippen LogP contribution in [0.2, 0.25) is 0 Å². The molecule has 1 N–H and O–H groups in total. The number of carbonyl (C=O) groups is 2. The van der Waals surface area contributed by atoms with Crippen molar-refractivity contribution in [1.82, 2.24) is 5.32 Å². The van der Waals surface area contributed by atoms with Gasteiger partial charge in [0.05, 0.1) is 33.8 Å². The Kier molecular flexibility index (Phi) is 49.6. The molecule has 0 bridgehead atoms. The van der Waals surface area contributed by atoms with Gasteiger partial charge in [0.15, 0.2) is 0 Å². The van der Waals surface area contributed by atoms with E-state index in [1.54, 1.807) is 0 Å². The van der Waals surface area contributed by atoms with Crippen LogP contribution in [0.1, 0.15) is 245 Å². The van der Waals surface area contributed by atoms with E-state index in [1.807, 2.05) is 33.3 Å². The van der Waals surface area contributed by atoms with Crippen molar-refractivity contribution >= 4 is 19.7 Å². The van der Waals surface area contributed by atoms with Gasteiger partial charge in [-0.1, -0.05) is 235 Å². The molecule has 0 heterocycles. The molecule has 72 heavy (non-hydrogen) atoms. The Morgan fingerprint density at radius 3 is 1.35 bits per heavy atom. The number of hydrogen-bond donors (Lipinski definition) is 1. The molecule has 0 aromatic carbocycles. The Morgan fingerprint density at radius 1 is 0.500 bits per heavy atom. The predicted molar refractivity (Wildman–Crippen MR) is 307 cm³/mol. The van der Waals surface area contributed by atoms with Crippen LogP contribution in [0.15, 0.2) is 85.1 Å². The quantitative estimate of drug-likeness (QED) is 0.0212. The monoisotopic (exact) mass is 1030 g/mol. The first-order valence-corrected chi connectivity index (χ1v) is 30.9. The number of nitrogens with zero attached hydrogens (tertiary/aromatic N) is 1. The highest BCUT2D eigenvalue weighted by Gasteiger charge is 2.27. The van der Waals surface area contributed by atoms with Crippen LogP contribution in [-0.2, 0) is 27.9 Å². The van der Waals surface area contributed by atoms with Crippen LogP contribution >= 0.6 is 7.82 Å². The lowest BCUT2D eigenvalue weighted by Gasteiger charge is -2.30. The molecular formula is C62H111N2O7P. The number of quaternary nitrogens is 1. The first kappa shape index (κ1) is 69.2. The molecule has 0 aromatic heterocycles. The maximum absolute atomic E-state index is 13.5. The van der Waals surface area contributed by atoms with E-state index in [4.69, 9.17) is 13.8 Å². The molecule has 0 fully saturated rings. The molecule has 1 amide bonds. The fourth-order valence-electron chi connectivity index (χ4n) is 8.05. The summed E-state index contributed by atoms with van der Waals surface area (Å²) in [4.78, 5) is 39.9. The summed E-state index contributed by atoms with van der Waals surface area (Å²) in [6, 6.07) is -0.912. The summed E-state index contributed by atoms with van der Waals surface area (Å²) >= 11 is 0. The van der Waals surface area contributed by atoms with Gasteiger partial charge in [0.2, 0.25) is 5.91 Å². The maximum atomic E-state index is 13.5. The topological polar surface area (TPSA) is 114 Å². The lowest BCUT2D eigenvalue weighted by molar-refractivity contribution is -0.870. The number of amides is 1. The number of esters is 1. The van der Waals surface area contributed by atoms with E-state index in [0.717, 1.165) is 89.9 Å². The predicted octanol–water partition coefficient (Wildman–Crippen LogP) is 17.2. The van der Waals surface area contributed by atoms with Gasteiger partial charge < -0.3 is 28.5 Å². The van der Waals surface area contributed by atoms with Gasteiger partial charge in [0.1, 0.15) is 19.3 Å². The molecule has 3 atom stereocenters. The Balaban J connectivity index is 5.38. The zero-order chi connectivity index (χ0) is 52.9. The largest absolute Gasteiger partial charge is 0.756 e. The molecule has 0 aliphatic rings. The molecule has 416 valence electrons. The Bertz CT molecular complexity index is 1510. The highest BCUT2D eigenvalue weighted by atomic mass is 31.2. The van der Waals surface area contributed by atoms with Crippen molar-refractivity contribution in [2.75, 3.05) is 40.9 Å². The summed E-state index contributed by atoms with van der Waals surface area (Å²) in [5, 5.41) is 3.00. The molecule has 0 aromatic rings. The third kappa shape index (κ3) is 52.1. The normalized spacial score (nSPS) is 14.4. The van der Waals surface area contributed by atoms with Crippen LogP contribution in [0.5, 0.6) is 0 Å². The van der Waals surface area contributed by atoms with Crippen molar-refractivity contribution < 1.29 is 37.3 Å². The van der Waals surface area contributed by atoms with E-state index in [9.17, 15) is 19.0 Å². The minimum absolute atomic E-state index is 0.0334. The highest BCUT2D eigenvalue weighted by Crippen LogP contribution is 2.38. The fourth-order valence-corrected chi connectivity index (χ4v) is 8.78. The van der Waals surface area contributed by atoms with E-state index < -0.39 is 26.6 Å². The molecule has 3 unspecified atom stereocenters. The van der Waals surface area contributed by atoms with E-state index in [2.05, 4.69) is 99.0 Å². The summed E-state index contributed by atoms with van der Waals surface area (Å²) in [5.41, 5.74) is 0. The molecular weight excluding hydrogens is 916 g/mol. The summed E-state index contributed by atoms with van der Waals surface area (Å²) in [6.45, 7) is 6.68. The first-order valence-electron chi connectivity index (χ1n) is 29.4. The van der Waals surface area contributed by atoms with Crippen molar-refractivity contribution in [2.24, 2.45) is 0 Å². The van der Waals surface area contributed by atoms with Gasteiger partial charge in [-0.15, -0.1) is 0 Å². The molecule has 10 heteroatoms. The van der Waals surface area contributed by atoms with Crippen molar-refractivity contribution in [2.45, 2.75) is 258 Å². The number of allylic oxidation sites excluding steroid dienone is 13. The van der Waals surface area contributed by atoms with Gasteiger partial charge in [-0.25, -0.2) is 0 Å². The van der Waals surface area contributed by atoms with Crippen molar-refractivity contribution in [1.29, 1.82) is 0 Å². The summed E-state index contributed by atoms with van der Waals surface area (Å²) < 4.78 is 30.2. The summed E-state index contributed by atoms with van der Waals surface area (Å²) in [7, 11) is 1.15. The molecule has 0 saturated heterocycles. The van der Waals surface area contributed by atoms with Crippen LogP contribution < -0.4 is 10.2 Å². The van der Waals surface area contributed by atoms with E-state index in [-0.39, 0.29) is 31.3 Å². The molecule has 0 rings (SSSR count). The van der Waals surface area contributed by atoms with E-state index in [1.165, 1.54) is 116 Å². The molecule has 0 saturated carbocycles. The van der Waals surface area contributed by atoms with Gasteiger partial charge in [0, 0.05) is 12.8 Å². The standard InChI is InChI=1S/C62H111N2O7P/c1-7-10-13-16-19-22-25-28-29-30-31-32-33-34-35-37-39-42-45-48-51-54-61(65)63-59(58-70-72(67,68)69-57-56-64(4,5)6)60(53-50-47-44-41-38-27-24-21-18-15-12-9-3)71-62(66)55-52-49-46-43-40-36-26-23-20-17-14-11-8-2/h10,13,19,22,28-29,31-32,34-35,39,42,50,53,59-60H,7-9,11-12,14-18,20-21,23-27,30,33,36-38,40-41,43-49,51-52,54-58H2,1-6H3,(H-,63,65,67,68)/b13-10-,22-19-,29-28-,32-31-,35-34-,42-39-,53-50-. The summed E-state index contributed by atoms with van der Waals surface area (Å²) in [5.74, 6) is -0.592. The average Bonchev–Trinajstić information content (AvgIpc) is 3.34. The number of ether oxygens (including phenoxy) is 1. The minimum Gasteiger partial charge on any atom is -0.756 e. The molecule has 0 aliphatic heterocycles. The van der Waals surface area contributed by atoms with Crippen LogP contribution in [0.25, 0.3) is 0 Å². The van der Waals surface area contributed by atoms with Crippen molar-refractivity contribution in [3.05, 3.63) is 85.1 Å². The third-order valence-corrected chi connectivity index (χ3v) is 13.6. The van der Waals surface area contributed by atoms with Crippen molar-refractivity contribution in [3.63, 3.8) is 0 Å². The SMILES string of the molecule is CC/C=C\C/C=C\C/C=C\C/C=C\C/C=C\C/C=C\CCCCC(=O)NC(COP(=O)([O-])OCC[N+](C)(C)C)C(/C=C\CCCCCCCCCCCC)OC(=O)CCCCCCCCCCCCCCC. The Labute approximate surface area is 444 Å². The van der Waals surface area contributed by atoms with Gasteiger partial charge in [-0.05, 0) is 83.1 Å². The minimum atomic E-state index is -4.71. The number of hydrogen-bond acceptors (Lipinski definition) is 7. The zero-order valence-electron chi connectivity index (χ0n) is 47.4. The van der Waals surface area contributed by atoms with E-state index >= 15 is 0 Å². The van der Waals surface area contributed by atoms with Crippen LogP contribution in [0.4, 0.5) is 0 Å². The number of phosphoric acid groups is 1. The number of nitrogens with one attached hydrogen (secondary N) is 1. The number of unbranched alkanes of at least 4 members (excludes halogenated alkanes) is 24. The number of phosphoric ester groups is 1. The Hall–Kier alpha value is -2.81. The van der Waals surface area contributed by atoms with Crippen LogP contribution in [0, 0.1) is 0 Å². The number of carbonyl (C=O) groups excluding carboxylic acids is 2. The Morgan fingerprint density at radius 2 is 0.889 bits per heavy atom. The second kappa shape index (κ2) is 51.7. The smallest absolute Gasteiger partial charge is 0.306 e. The maximum Gasteiger partial charge on any atom is 0.306 e. The van der Waals surface area contributed by atoms with Gasteiger partial charge >= 0.3 is 5.97 Å². The fraction of sp³-hybridized carbons (Fsp3) is 0.742. The molecule has 0 radical (unpaired) electrons. The second-order valence-electron chi connectivity index (χ2n) is 20.8. The van der Waals surface area contributed by atoms with Gasteiger partial charge in [-0.3, -0.25) is 14.2 Å². The lowest BCUT2D eigenvalue weighted by Crippen LogP contribution is -2.47. The molecule has 9 nitrogen and oxygen atoms in total. The number of rotatable bonds is 52. The highest BCUT2D eigenvalue weighted by molar-refractivity contribution is 7.45. The lowest BCUT2D eigenvalue weighted by atomic mass is 10.0. The van der Waals surface area contributed by atoms with Gasteiger partial charge in [0.25, 0.3) is 7.82 Å². The average molecular weight is 1030 g/mol. The molecule has 0 aliphatic carbocycles. The molecule has 0 spiro atoms. The van der Waals surface area contributed by atoms with Crippen LogP contribution in [-0.4, -0.2) is 69.4 Å². The zero-order valence-corrected chi connectivity index (χ0v) is 48.3. The first-order chi connectivity index (χ1) is 34.9.